The predicted molar refractivity (Wildman–Crippen MR) is 125 cm³/mol. The average molecular weight is 465 g/mol. The van der Waals surface area contributed by atoms with Crippen molar-refractivity contribution in [2.75, 3.05) is 6.61 Å². The van der Waals surface area contributed by atoms with Crippen LogP contribution in [0.2, 0.25) is 0 Å². The largest absolute Gasteiger partial charge is 0.509 e. The van der Waals surface area contributed by atoms with Crippen LogP contribution in [0.15, 0.2) is 59.7 Å². The zero-order valence-corrected chi connectivity index (χ0v) is 18.6. The van der Waals surface area contributed by atoms with Gasteiger partial charge in [-0.3, -0.25) is 0 Å². The minimum atomic E-state index is -5.33. The van der Waals surface area contributed by atoms with Crippen molar-refractivity contribution in [3.05, 3.63) is 92.9 Å². The van der Waals surface area contributed by atoms with Crippen molar-refractivity contribution in [3.63, 3.8) is 0 Å². The SMILES string of the molecule is Cc1c(CNC(=O)OCC2c3ccccc3-c3ccccc32)cc([B-](F)(F)F)c(C)c1N=[N+]=[N-]. The third kappa shape index (κ3) is 4.32. The lowest BCUT2D eigenvalue weighted by molar-refractivity contribution is 0.142. The number of azide groups is 1. The van der Waals surface area contributed by atoms with Gasteiger partial charge in [-0.1, -0.05) is 65.3 Å². The van der Waals surface area contributed by atoms with E-state index in [1.54, 1.807) is 6.92 Å². The minimum absolute atomic E-state index is 0.0801. The van der Waals surface area contributed by atoms with E-state index in [4.69, 9.17) is 10.3 Å². The van der Waals surface area contributed by atoms with Crippen LogP contribution in [0.1, 0.15) is 33.7 Å². The van der Waals surface area contributed by atoms with E-state index in [0.29, 0.717) is 5.56 Å². The highest BCUT2D eigenvalue weighted by Crippen LogP contribution is 2.44. The Morgan fingerprint density at radius 2 is 1.65 bits per heavy atom. The fraction of sp³-hybridized carbons (Fsp3) is 0.208. The summed E-state index contributed by atoms with van der Waals surface area (Å²) < 4.78 is 46.0. The van der Waals surface area contributed by atoms with Gasteiger partial charge in [0.2, 0.25) is 0 Å². The van der Waals surface area contributed by atoms with Crippen molar-refractivity contribution >= 4 is 24.2 Å². The standard InChI is InChI=1S/C24H21BF3N4O2/c1-14-16(11-22(25(26,27)28)15(2)23(14)31-32-29)12-30-24(33)34-13-21-19-9-5-3-7-17(19)18-8-4-6-10-20(18)21/h3-11,21H,12-13H2,1-2H3,(H,30,33)/q-1. The highest BCUT2D eigenvalue weighted by atomic mass is 19.4. The number of hydrogen-bond acceptors (Lipinski definition) is 3. The number of nitrogens with one attached hydrogen (secondary N) is 1. The number of rotatable bonds is 6. The van der Waals surface area contributed by atoms with E-state index in [2.05, 4.69) is 15.3 Å². The van der Waals surface area contributed by atoms with Crippen molar-refractivity contribution in [2.45, 2.75) is 26.3 Å². The number of hydrogen-bond donors (Lipinski definition) is 1. The Kier molecular flexibility index (Phi) is 6.26. The summed E-state index contributed by atoms with van der Waals surface area (Å²) in [5.41, 5.74) is 12.6. The van der Waals surface area contributed by atoms with Crippen LogP contribution < -0.4 is 10.8 Å². The number of carbonyl (C=O) groups excluding carboxylic acids is 1. The molecule has 4 rings (SSSR count). The normalized spacial score (nSPS) is 12.5. The molecule has 0 aliphatic heterocycles. The molecular weight excluding hydrogens is 444 g/mol. The average Bonchev–Trinajstić information content (AvgIpc) is 3.13. The lowest BCUT2D eigenvalue weighted by Crippen LogP contribution is -2.37. The first-order valence-corrected chi connectivity index (χ1v) is 10.7. The molecule has 34 heavy (non-hydrogen) atoms. The van der Waals surface area contributed by atoms with E-state index in [1.165, 1.54) is 6.92 Å². The van der Waals surface area contributed by atoms with Gasteiger partial charge < -0.3 is 23.0 Å². The summed E-state index contributed by atoms with van der Waals surface area (Å²) in [6, 6.07) is 16.8. The van der Waals surface area contributed by atoms with Gasteiger partial charge >= 0.3 is 13.1 Å². The van der Waals surface area contributed by atoms with E-state index < -0.39 is 18.5 Å². The van der Waals surface area contributed by atoms with Crippen molar-refractivity contribution in [1.29, 1.82) is 0 Å². The van der Waals surface area contributed by atoms with E-state index >= 15 is 0 Å². The molecule has 174 valence electrons. The van der Waals surface area contributed by atoms with Crippen molar-refractivity contribution < 1.29 is 22.5 Å². The van der Waals surface area contributed by atoms with Crippen LogP contribution in [0.5, 0.6) is 0 Å². The van der Waals surface area contributed by atoms with Crippen molar-refractivity contribution in [2.24, 2.45) is 5.11 Å². The topological polar surface area (TPSA) is 87.1 Å². The first-order chi connectivity index (χ1) is 16.2. The molecule has 3 aromatic carbocycles. The summed E-state index contributed by atoms with van der Waals surface area (Å²) in [5.74, 6) is -0.129. The maximum absolute atomic E-state index is 13.5. The molecule has 1 amide bonds. The molecule has 3 aromatic rings. The van der Waals surface area contributed by atoms with Crippen LogP contribution in [0.3, 0.4) is 0 Å². The highest BCUT2D eigenvalue weighted by Gasteiger charge is 2.30. The molecule has 10 heteroatoms. The van der Waals surface area contributed by atoms with Gasteiger partial charge in [0.15, 0.2) is 0 Å². The molecule has 0 atom stereocenters. The Morgan fingerprint density at radius 3 is 2.21 bits per heavy atom. The lowest BCUT2D eigenvalue weighted by atomic mass is 9.75. The Morgan fingerprint density at radius 1 is 1.06 bits per heavy atom. The molecule has 0 unspecified atom stereocenters. The number of benzene rings is 3. The number of fused-ring (bicyclic) bond motifs is 3. The zero-order valence-electron chi connectivity index (χ0n) is 18.6. The number of alkyl carbamates (subject to hydrolysis) is 1. The highest BCUT2D eigenvalue weighted by molar-refractivity contribution is 6.74. The van der Waals surface area contributed by atoms with Crippen LogP contribution in [0.4, 0.5) is 23.4 Å². The first-order valence-electron chi connectivity index (χ1n) is 10.7. The molecule has 0 spiro atoms. The first kappa shape index (κ1) is 23.3. The Labute approximate surface area is 194 Å². The molecule has 1 aliphatic rings. The summed E-state index contributed by atoms with van der Waals surface area (Å²) in [6.07, 6.45) is -0.744. The summed E-state index contributed by atoms with van der Waals surface area (Å²) in [5, 5.41) is 5.97. The van der Waals surface area contributed by atoms with Crippen LogP contribution in [0.25, 0.3) is 21.6 Å². The monoisotopic (exact) mass is 465 g/mol. The number of nitrogens with zero attached hydrogens (tertiary/aromatic N) is 3. The van der Waals surface area contributed by atoms with Gasteiger partial charge in [0.1, 0.15) is 6.61 Å². The second-order valence-electron chi connectivity index (χ2n) is 8.17. The third-order valence-electron chi connectivity index (χ3n) is 6.22. The van der Waals surface area contributed by atoms with E-state index in [0.717, 1.165) is 28.3 Å². The molecule has 0 bridgehead atoms. The molecule has 0 aromatic heterocycles. The van der Waals surface area contributed by atoms with Crippen molar-refractivity contribution in [3.8, 4) is 11.1 Å². The van der Waals surface area contributed by atoms with Crippen LogP contribution in [-0.2, 0) is 11.3 Å². The fourth-order valence-electron chi connectivity index (χ4n) is 4.51. The Hall–Kier alpha value is -3.91. The summed E-state index contributed by atoms with van der Waals surface area (Å²) in [4.78, 5) is 15.1. The number of ether oxygens (including phenoxy) is 1. The maximum Gasteiger partial charge on any atom is 0.509 e. The van der Waals surface area contributed by atoms with Crippen molar-refractivity contribution in [1.82, 2.24) is 5.32 Å². The summed E-state index contributed by atoms with van der Waals surface area (Å²) in [6.45, 7) is -2.61. The van der Waals surface area contributed by atoms with Gasteiger partial charge in [-0.05, 0) is 52.8 Å². The van der Waals surface area contributed by atoms with Gasteiger partial charge in [-0.2, -0.15) is 0 Å². The van der Waals surface area contributed by atoms with Crippen LogP contribution in [-0.4, -0.2) is 19.7 Å². The molecule has 1 aliphatic carbocycles. The predicted octanol–water partition coefficient (Wildman–Crippen LogP) is 6.34. The molecular formula is C24H21BF3N4O2-. The third-order valence-corrected chi connectivity index (χ3v) is 6.22. The van der Waals surface area contributed by atoms with E-state index in [-0.39, 0.29) is 35.9 Å². The maximum atomic E-state index is 13.5. The summed E-state index contributed by atoms with van der Waals surface area (Å²) >= 11 is 0. The molecule has 0 saturated carbocycles. The van der Waals surface area contributed by atoms with Gasteiger partial charge in [0, 0.05) is 23.1 Å². The quantitative estimate of drug-likeness (QED) is 0.199. The Balaban J connectivity index is 1.49. The molecule has 6 nitrogen and oxygen atoms in total. The van der Waals surface area contributed by atoms with Crippen LogP contribution in [0, 0.1) is 13.8 Å². The number of halogens is 3. The second kappa shape index (κ2) is 9.15. The molecule has 1 N–H and O–H groups in total. The lowest BCUT2D eigenvalue weighted by Gasteiger charge is -2.23. The molecule has 0 radical (unpaired) electrons. The second-order valence-corrected chi connectivity index (χ2v) is 8.17. The van der Waals surface area contributed by atoms with E-state index in [9.17, 15) is 17.7 Å². The molecule has 0 saturated heterocycles. The summed E-state index contributed by atoms with van der Waals surface area (Å²) in [7, 11) is 0. The van der Waals surface area contributed by atoms with E-state index in [1.807, 2.05) is 48.5 Å². The van der Waals surface area contributed by atoms with Gasteiger partial charge in [-0.15, -0.1) is 5.46 Å². The molecule has 0 heterocycles. The van der Waals surface area contributed by atoms with Gasteiger partial charge in [-0.25, -0.2) is 4.79 Å². The zero-order chi connectivity index (χ0) is 24.5. The number of amides is 1. The van der Waals surface area contributed by atoms with Gasteiger partial charge in [0.05, 0.1) is 0 Å². The fourth-order valence-corrected chi connectivity index (χ4v) is 4.51. The number of carbonyl (C=O) groups is 1. The Bertz CT molecular complexity index is 1270. The molecule has 0 fully saturated rings. The smallest absolute Gasteiger partial charge is 0.449 e. The minimum Gasteiger partial charge on any atom is -0.449 e. The van der Waals surface area contributed by atoms with Crippen LogP contribution >= 0.6 is 0 Å². The van der Waals surface area contributed by atoms with Gasteiger partial charge in [0.25, 0.3) is 0 Å².